The number of carbonyl (C=O) groups is 2. The number of sulfone groups is 1. The molecule has 7 nitrogen and oxygen atoms in total. The average molecular weight is 432 g/mol. The maximum absolute atomic E-state index is 13.9. The molecule has 1 aliphatic heterocycles. The molecule has 0 saturated carbocycles. The highest BCUT2D eigenvalue weighted by Crippen LogP contribution is 2.15. The second-order valence-corrected chi connectivity index (χ2v) is 9.85. The molecule has 0 spiro atoms. The van der Waals surface area contributed by atoms with E-state index in [9.17, 15) is 26.8 Å². The zero-order valence-electron chi connectivity index (χ0n) is 16.8. The van der Waals surface area contributed by atoms with Crippen molar-refractivity contribution in [1.82, 2.24) is 15.1 Å². The molecule has 0 aliphatic carbocycles. The van der Waals surface area contributed by atoms with E-state index in [-0.39, 0.29) is 17.6 Å². The zero-order valence-corrected chi connectivity index (χ0v) is 17.6. The van der Waals surface area contributed by atoms with Crippen LogP contribution in [0.3, 0.4) is 0 Å². The SMILES string of the molecule is CC(C)C(NC(=O)c1c(F)cccc1F)C(=O)N1CCN(CCS(C)(=O)=O)CC1. The van der Waals surface area contributed by atoms with E-state index in [1.807, 2.05) is 4.90 Å². The predicted octanol–water partition coefficient (Wildman–Crippen LogP) is 0.908. The largest absolute Gasteiger partial charge is 0.340 e. The van der Waals surface area contributed by atoms with Gasteiger partial charge in [-0.15, -0.1) is 0 Å². The first-order chi connectivity index (χ1) is 13.5. The summed E-state index contributed by atoms with van der Waals surface area (Å²) >= 11 is 0. The van der Waals surface area contributed by atoms with Crippen molar-refractivity contribution in [3.8, 4) is 0 Å². The van der Waals surface area contributed by atoms with Crippen molar-refractivity contribution in [2.75, 3.05) is 44.7 Å². The number of benzene rings is 1. The summed E-state index contributed by atoms with van der Waals surface area (Å²) in [4.78, 5) is 28.8. The van der Waals surface area contributed by atoms with E-state index >= 15 is 0 Å². The van der Waals surface area contributed by atoms with Crippen LogP contribution in [0.5, 0.6) is 0 Å². The minimum atomic E-state index is -3.06. The summed E-state index contributed by atoms with van der Waals surface area (Å²) in [6, 6.07) is 2.21. The first-order valence-electron chi connectivity index (χ1n) is 9.43. The van der Waals surface area contributed by atoms with Crippen molar-refractivity contribution in [2.45, 2.75) is 19.9 Å². The lowest BCUT2D eigenvalue weighted by molar-refractivity contribution is -0.136. The van der Waals surface area contributed by atoms with Crippen LogP contribution >= 0.6 is 0 Å². The van der Waals surface area contributed by atoms with Crippen LogP contribution in [0, 0.1) is 17.6 Å². The number of amides is 2. The summed E-state index contributed by atoms with van der Waals surface area (Å²) in [5.41, 5.74) is -0.712. The van der Waals surface area contributed by atoms with Gasteiger partial charge in [0.1, 0.15) is 33.1 Å². The molecule has 162 valence electrons. The lowest BCUT2D eigenvalue weighted by Gasteiger charge is -2.37. The van der Waals surface area contributed by atoms with Crippen LogP contribution in [0.25, 0.3) is 0 Å². The van der Waals surface area contributed by atoms with Gasteiger partial charge in [0.05, 0.1) is 5.75 Å². The van der Waals surface area contributed by atoms with E-state index in [0.29, 0.717) is 32.7 Å². The molecule has 1 aromatic rings. The maximum Gasteiger partial charge on any atom is 0.257 e. The third-order valence-electron chi connectivity index (χ3n) is 4.87. The van der Waals surface area contributed by atoms with Crippen LogP contribution in [-0.2, 0) is 14.6 Å². The molecule has 0 aromatic heterocycles. The van der Waals surface area contributed by atoms with Crippen molar-refractivity contribution >= 4 is 21.7 Å². The summed E-state index contributed by atoms with van der Waals surface area (Å²) in [5.74, 6) is -3.51. The van der Waals surface area contributed by atoms with Gasteiger partial charge in [-0.1, -0.05) is 19.9 Å². The number of halogens is 2. The highest BCUT2D eigenvalue weighted by Gasteiger charge is 2.32. The Morgan fingerprint density at radius 1 is 1.10 bits per heavy atom. The van der Waals surface area contributed by atoms with Gasteiger partial charge in [0.25, 0.3) is 5.91 Å². The predicted molar refractivity (Wildman–Crippen MR) is 105 cm³/mol. The van der Waals surface area contributed by atoms with Crippen LogP contribution < -0.4 is 5.32 Å². The summed E-state index contributed by atoms with van der Waals surface area (Å²) in [7, 11) is -3.06. The number of nitrogens with one attached hydrogen (secondary N) is 1. The molecule has 2 rings (SSSR count). The summed E-state index contributed by atoms with van der Waals surface area (Å²) < 4.78 is 50.3. The fourth-order valence-electron chi connectivity index (χ4n) is 3.13. The molecular formula is C19H27F2N3O4S. The van der Waals surface area contributed by atoms with Crippen LogP contribution in [0.1, 0.15) is 24.2 Å². The number of hydrogen-bond donors (Lipinski definition) is 1. The lowest BCUT2D eigenvalue weighted by Crippen LogP contribution is -2.56. The molecule has 29 heavy (non-hydrogen) atoms. The molecule has 1 aromatic carbocycles. The first kappa shape index (κ1) is 23.2. The minimum Gasteiger partial charge on any atom is -0.340 e. The van der Waals surface area contributed by atoms with Gasteiger partial charge in [-0.25, -0.2) is 17.2 Å². The average Bonchev–Trinajstić information content (AvgIpc) is 2.63. The lowest BCUT2D eigenvalue weighted by atomic mass is 10.0. The van der Waals surface area contributed by atoms with Gasteiger partial charge in [-0.3, -0.25) is 14.5 Å². The van der Waals surface area contributed by atoms with Crippen LogP contribution in [0.15, 0.2) is 18.2 Å². The quantitative estimate of drug-likeness (QED) is 0.694. The summed E-state index contributed by atoms with van der Waals surface area (Å²) in [5, 5.41) is 2.46. The number of hydrogen-bond acceptors (Lipinski definition) is 5. The van der Waals surface area contributed by atoms with E-state index in [0.717, 1.165) is 18.2 Å². The van der Waals surface area contributed by atoms with Gasteiger partial charge >= 0.3 is 0 Å². The Kier molecular flexibility index (Phi) is 7.70. The normalized spacial score (nSPS) is 16.7. The number of rotatable bonds is 7. The highest BCUT2D eigenvalue weighted by molar-refractivity contribution is 7.90. The maximum atomic E-state index is 13.9. The number of carbonyl (C=O) groups excluding carboxylic acids is 2. The van der Waals surface area contributed by atoms with Crippen molar-refractivity contribution < 1.29 is 26.8 Å². The van der Waals surface area contributed by atoms with Gasteiger partial charge in [-0.05, 0) is 18.1 Å². The molecule has 1 heterocycles. The smallest absolute Gasteiger partial charge is 0.257 e. The molecule has 1 saturated heterocycles. The molecule has 1 fully saturated rings. The molecule has 0 bridgehead atoms. The van der Waals surface area contributed by atoms with Crippen molar-refractivity contribution in [2.24, 2.45) is 5.92 Å². The standard InChI is InChI=1S/C19H27F2N3O4S/c1-13(2)17(22-18(25)16-14(20)5-4-6-15(16)21)19(26)24-9-7-23(8-10-24)11-12-29(3,27)28/h4-6,13,17H,7-12H2,1-3H3,(H,22,25). The molecule has 0 radical (unpaired) electrons. The van der Waals surface area contributed by atoms with E-state index in [2.05, 4.69) is 5.32 Å². The Morgan fingerprint density at radius 3 is 2.14 bits per heavy atom. The molecule has 1 N–H and O–H groups in total. The van der Waals surface area contributed by atoms with E-state index in [1.165, 1.54) is 6.26 Å². The second kappa shape index (κ2) is 9.62. The molecular weight excluding hydrogens is 404 g/mol. The Labute approximate surface area is 170 Å². The van der Waals surface area contributed by atoms with E-state index in [1.54, 1.807) is 18.7 Å². The molecule has 1 unspecified atom stereocenters. The topological polar surface area (TPSA) is 86.8 Å². The number of nitrogens with zero attached hydrogens (tertiary/aromatic N) is 2. The van der Waals surface area contributed by atoms with E-state index < -0.39 is 39.0 Å². The van der Waals surface area contributed by atoms with Crippen LogP contribution in [0.2, 0.25) is 0 Å². The van der Waals surface area contributed by atoms with Gasteiger partial charge in [-0.2, -0.15) is 0 Å². The monoisotopic (exact) mass is 431 g/mol. The van der Waals surface area contributed by atoms with Crippen LogP contribution in [-0.4, -0.2) is 80.8 Å². The van der Waals surface area contributed by atoms with Crippen molar-refractivity contribution in [1.29, 1.82) is 0 Å². The van der Waals surface area contributed by atoms with Crippen molar-refractivity contribution in [3.05, 3.63) is 35.4 Å². The van der Waals surface area contributed by atoms with Crippen LogP contribution in [0.4, 0.5) is 8.78 Å². The fourth-order valence-corrected chi connectivity index (χ4v) is 3.72. The van der Waals surface area contributed by atoms with Gasteiger partial charge in [0, 0.05) is 39.0 Å². The molecule has 1 aliphatic rings. The second-order valence-electron chi connectivity index (χ2n) is 7.59. The third-order valence-corrected chi connectivity index (χ3v) is 5.80. The molecule has 2 amide bonds. The number of piperazine rings is 1. The van der Waals surface area contributed by atoms with Gasteiger partial charge in [0.15, 0.2) is 0 Å². The summed E-state index contributed by atoms with van der Waals surface area (Å²) in [6.45, 7) is 5.68. The summed E-state index contributed by atoms with van der Waals surface area (Å²) in [6.07, 6.45) is 1.18. The fraction of sp³-hybridized carbons (Fsp3) is 0.579. The Balaban J connectivity index is 2.01. The van der Waals surface area contributed by atoms with E-state index in [4.69, 9.17) is 0 Å². The van der Waals surface area contributed by atoms with Gasteiger partial charge in [0.2, 0.25) is 5.91 Å². The Morgan fingerprint density at radius 2 is 1.66 bits per heavy atom. The first-order valence-corrected chi connectivity index (χ1v) is 11.5. The zero-order chi connectivity index (χ0) is 21.8. The Bertz CT molecular complexity index is 833. The minimum absolute atomic E-state index is 0.0554. The van der Waals surface area contributed by atoms with Crippen molar-refractivity contribution in [3.63, 3.8) is 0 Å². The molecule has 10 heteroatoms. The molecule has 1 atom stereocenters. The van der Waals surface area contributed by atoms with Gasteiger partial charge < -0.3 is 10.2 Å². The third kappa shape index (κ3) is 6.46. The Hall–Kier alpha value is -2.07. The highest BCUT2D eigenvalue weighted by atomic mass is 32.2.